The standard InChI is InChI=1S/C11H7F3O4/c12-11(13,14)18-10-7(4-5-9(16)17)2-1-3-8(10)6-15/h1-6H,(H,16,17)/b5-4+. The van der Waals surface area contributed by atoms with Gasteiger partial charge in [0.25, 0.3) is 0 Å². The minimum Gasteiger partial charge on any atom is -0.478 e. The van der Waals surface area contributed by atoms with Crippen molar-refractivity contribution < 1.29 is 32.6 Å². The third-order valence-electron chi connectivity index (χ3n) is 1.83. The van der Waals surface area contributed by atoms with Gasteiger partial charge in [0.15, 0.2) is 6.29 Å². The van der Waals surface area contributed by atoms with Crippen molar-refractivity contribution in [1.82, 2.24) is 0 Å². The lowest BCUT2D eigenvalue weighted by molar-refractivity contribution is -0.274. The fourth-order valence-corrected chi connectivity index (χ4v) is 1.19. The van der Waals surface area contributed by atoms with Crippen LogP contribution in [-0.2, 0) is 4.79 Å². The molecule has 0 atom stereocenters. The smallest absolute Gasteiger partial charge is 0.478 e. The molecule has 96 valence electrons. The summed E-state index contributed by atoms with van der Waals surface area (Å²) in [6, 6.07) is 3.65. The van der Waals surface area contributed by atoms with Crippen molar-refractivity contribution in [2.45, 2.75) is 6.36 Å². The Bertz CT molecular complexity index is 492. The molecule has 0 fully saturated rings. The Morgan fingerprint density at radius 1 is 1.28 bits per heavy atom. The van der Waals surface area contributed by atoms with Crippen LogP contribution in [0.4, 0.5) is 13.2 Å². The Morgan fingerprint density at radius 3 is 2.39 bits per heavy atom. The Balaban J connectivity index is 3.24. The lowest BCUT2D eigenvalue weighted by atomic mass is 10.1. The van der Waals surface area contributed by atoms with E-state index in [1.54, 1.807) is 0 Å². The van der Waals surface area contributed by atoms with Gasteiger partial charge in [0, 0.05) is 11.6 Å². The molecule has 0 spiro atoms. The van der Waals surface area contributed by atoms with Gasteiger partial charge in [-0.25, -0.2) is 4.79 Å². The summed E-state index contributed by atoms with van der Waals surface area (Å²) in [5.74, 6) is -2.05. The van der Waals surface area contributed by atoms with E-state index >= 15 is 0 Å². The number of ether oxygens (including phenoxy) is 1. The molecule has 0 amide bonds. The molecule has 1 aromatic rings. The van der Waals surface area contributed by atoms with E-state index in [4.69, 9.17) is 5.11 Å². The quantitative estimate of drug-likeness (QED) is 0.667. The monoisotopic (exact) mass is 260 g/mol. The third kappa shape index (κ3) is 3.93. The van der Waals surface area contributed by atoms with Crippen molar-refractivity contribution >= 4 is 18.3 Å². The lowest BCUT2D eigenvalue weighted by Gasteiger charge is -2.13. The maximum absolute atomic E-state index is 12.2. The molecule has 4 nitrogen and oxygen atoms in total. The molecular formula is C11H7F3O4. The molecular weight excluding hydrogens is 253 g/mol. The van der Waals surface area contributed by atoms with Gasteiger partial charge in [-0.05, 0) is 12.1 Å². The zero-order chi connectivity index (χ0) is 13.8. The van der Waals surface area contributed by atoms with E-state index in [1.165, 1.54) is 12.1 Å². The van der Waals surface area contributed by atoms with E-state index in [2.05, 4.69) is 4.74 Å². The Hall–Kier alpha value is -2.31. The molecule has 0 heterocycles. The molecule has 0 saturated carbocycles. The van der Waals surface area contributed by atoms with Gasteiger partial charge < -0.3 is 9.84 Å². The summed E-state index contributed by atoms with van der Waals surface area (Å²) < 4.78 is 40.2. The number of halogens is 3. The summed E-state index contributed by atoms with van der Waals surface area (Å²) in [4.78, 5) is 20.9. The van der Waals surface area contributed by atoms with Gasteiger partial charge in [0.2, 0.25) is 0 Å². The van der Waals surface area contributed by atoms with Gasteiger partial charge in [-0.15, -0.1) is 13.2 Å². The fourth-order valence-electron chi connectivity index (χ4n) is 1.19. The summed E-state index contributed by atoms with van der Waals surface area (Å²) in [5, 5.41) is 8.41. The molecule has 1 aromatic carbocycles. The first-order valence-corrected chi connectivity index (χ1v) is 4.58. The van der Waals surface area contributed by atoms with Crippen LogP contribution in [-0.4, -0.2) is 23.7 Å². The zero-order valence-corrected chi connectivity index (χ0v) is 8.77. The van der Waals surface area contributed by atoms with E-state index in [0.717, 1.165) is 12.1 Å². The van der Waals surface area contributed by atoms with Crippen LogP contribution in [0.3, 0.4) is 0 Å². The summed E-state index contributed by atoms with van der Waals surface area (Å²) in [7, 11) is 0. The Kier molecular flexibility index (Phi) is 4.09. The molecule has 7 heteroatoms. The van der Waals surface area contributed by atoms with Gasteiger partial charge in [0.1, 0.15) is 5.75 Å². The average Bonchev–Trinajstić information content (AvgIpc) is 2.25. The van der Waals surface area contributed by atoms with Gasteiger partial charge in [-0.2, -0.15) is 0 Å². The maximum Gasteiger partial charge on any atom is 0.573 e. The van der Waals surface area contributed by atoms with E-state index in [0.29, 0.717) is 6.08 Å². The molecule has 0 aliphatic heterocycles. The maximum atomic E-state index is 12.2. The molecule has 0 aliphatic carbocycles. The van der Waals surface area contributed by atoms with Crippen LogP contribution in [0.1, 0.15) is 15.9 Å². The van der Waals surface area contributed by atoms with E-state index in [9.17, 15) is 22.8 Å². The van der Waals surface area contributed by atoms with Crippen LogP contribution < -0.4 is 4.74 Å². The predicted molar refractivity (Wildman–Crippen MR) is 55.2 cm³/mol. The van der Waals surface area contributed by atoms with Crippen LogP contribution in [0, 0.1) is 0 Å². The predicted octanol–water partition coefficient (Wildman–Crippen LogP) is 2.50. The van der Waals surface area contributed by atoms with E-state index in [1.807, 2.05) is 0 Å². The van der Waals surface area contributed by atoms with Gasteiger partial charge in [-0.3, -0.25) is 4.79 Å². The fraction of sp³-hybridized carbons (Fsp3) is 0.0909. The van der Waals surface area contributed by atoms with Crippen molar-refractivity contribution in [1.29, 1.82) is 0 Å². The summed E-state index contributed by atoms with van der Waals surface area (Å²) in [6.07, 6.45) is -3.21. The minimum atomic E-state index is -4.97. The molecule has 0 saturated heterocycles. The first-order chi connectivity index (χ1) is 8.33. The second-order valence-corrected chi connectivity index (χ2v) is 3.10. The average molecular weight is 260 g/mol. The zero-order valence-electron chi connectivity index (χ0n) is 8.77. The highest BCUT2D eigenvalue weighted by Crippen LogP contribution is 2.30. The topological polar surface area (TPSA) is 63.6 Å². The number of carboxylic acids is 1. The van der Waals surface area contributed by atoms with E-state index in [-0.39, 0.29) is 17.4 Å². The van der Waals surface area contributed by atoms with Crippen LogP contribution >= 0.6 is 0 Å². The van der Waals surface area contributed by atoms with Crippen molar-refractivity contribution in [2.24, 2.45) is 0 Å². The number of aldehydes is 1. The van der Waals surface area contributed by atoms with Gasteiger partial charge >= 0.3 is 12.3 Å². The van der Waals surface area contributed by atoms with Crippen LogP contribution in [0.25, 0.3) is 6.08 Å². The molecule has 0 aliphatic rings. The van der Waals surface area contributed by atoms with E-state index < -0.39 is 18.1 Å². The number of carbonyl (C=O) groups excluding carboxylic acids is 1. The Labute approximate surface area is 99.3 Å². The largest absolute Gasteiger partial charge is 0.573 e. The SMILES string of the molecule is O=Cc1cccc(/C=C/C(=O)O)c1OC(F)(F)F. The first kappa shape index (κ1) is 13.8. The molecule has 0 aromatic heterocycles. The van der Waals surface area contributed by atoms with Crippen molar-refractivity contribution in [3.63, 3.8) is 0 Å². The highest BCUT2D eigenvalue weighted by molar-refractivity contribution is 5.88. The number of para-hydroxylation sites is 1. The number of alkyl halides is 3. The Morgan fingerprint density at radius 2 is 1.89 bits per heavy atom. The van der Waals surface area contributed by atoms with Crippen LogP contribution in [0.2, 0.25) is 0 Å². The number of benzene rings is 1. The van der Waals surface area contributed by atoms with Gasteiger partial charge in [-0.1, -0.05) is 12.1 Å². The summed E-state index contributed by atoms with van der Waals surface area (Å²) in [6.45, 7) is 0. The highest BCUT2D eigenvalue weighted by atomic mass is 19.4. The lowest BCUT2D eigenvalue weighted by Crippen LogP contribution is -2.18. The first-order valence-electron chi connectivity index (χ1n) is 4.58. The van der Waals surface area contributed by atoms with Crippen LogP contribution in [0.5, 0.6) is 5.75 Å². The number of carbonyl (C=O) groups is 2. The summed E-state index contributed by atoms with van der Waals surface area (Å²) >= 11 is 0. The number of aliphatic carboxylic acids is 1. The second-order valence-electron chi connectivity index (χ2n) is 3.10. The van der Waals surface area contributed by atoms with Crippen molar-refractivity contribution in [3.8, 4) is 5.75 Å². The summed E-state index contributed by atoms with van der Waals surface area (Å²) in [5.41, 5.74) is -0.473. The molecule has 1 N–H and O–H groups in total. The second kappa shape index (κ2) is 5.35. The number of rotatable bonds is 4. The third-order valence-corrected chi connectivity index (χ3v) is 1.83. The number of hydrogen-bond acceptors (Lipinski definition) is 3. The molecule has 0 radical (unpaired) electrons. The van der Waals surface area contributed by atoms with Crippen molar-refractivity contribution in [2.75, 3.05) is 0 Å². The number of carboxylic acid groups (broad SMARTS) is 1. The van der Waals surface area contributed by atoms with Gasteiger partial charge in [0.05, 0.1) is 5.56 Å². The molecule has 0 unspecified atom stereocenters. The molecule has 18 heavy (non-hydrogen) atoms. The van der Waals surface area contributed by atoms with Crippen LogP contribution in [0.15, 0.2) is 24.3 Å². The minimum absolute atomic E-state index is 0.153. The normalized spacial score (nSPS) is 11.5. The molecule has 0 bridgehead atoms. The molecule has 1 rings (SSSR count). The number of hydrogen-bond donors (Lipinski definition) is 1. The van der Waals surface area contributed by atoms with Crippen molar-refractivity contribution in [3.05, 3.63) is 35.4 Å². The highest BCUT2D eigenvalue weighted by Gasteiger charge is 2.33.